The second-order valence-electron chi connectivity index (χ2n) is 8.71. The van der Waals surface area contributed by atoms with Crippen molar-refractivity contribution < 1.29 is 9.59 Å². The Bertz CT molecular complexity index is 816. The zero-order valence-electron chi connectivity index (χ0n) is 17.0. The van der Waals surface area contributed by atoms with Crippen LogP contribution in [0.1, 0.15) is 51.2 Å². The van der Waals surface area contributed by atoms with Crippen LogP contribution in [0, 0.1) is 5.41 Å². The first-order valence-corrected chi connectivity index (χ1v) is 10.1. The first kappa shape index (κ1) is 20.1. The molecule has 2 aromatic rings. The van der Waals surface area contributed by atoms with Gasteiger partial charge in [0.1, 0.15) is 5.41 Å². The molecule has 0 aromatic heterocycles. The molecule has 1 aliphatic carbocycles. The molecule has 1 aliphatic rings. The molecule has 0 saturated heterocycles. The number of carbonyl (C=O) groups excluding carboxylic acids is 2. The average molecular weight is 379 g/mol. The molecule has 1 fully saturated rings. The summed E-state index contributed by atoms with van der Waals surface area (Å²) >= 11 is 0. The highest BCUT2D eigenvalue weighted by Gasteiger charge is 2.56. The van der Waals surface area contributed by atoms with Gasteiger partial charge in [-0.2, -0.15) is 0 Å². The van der Waals surface area contributed by atoms with Crippen LogP contribution in [-0.4, -0.2) is 18.4 Å². The van der Waals surface area contributed by atoms with E-state index in [2.05, 4.69) is 43.5 Å². The molecule has 148 valence electrons. The number of amides is 2. The van der Waals surface area contributed by atoms with Crippen LogP contribution >= 0.6 is 0 Å². The fourth-order valence-electron chi connectivity index (χ4n) is 3.29. The lowest BCUT2D eigenvalue weighted by Gasteiger charge is -2.20. The quantitative estimate of drug-likeness (QED) is 0.552. The number of hydrogen-bond acceptors (Lipinski definition) is 2. The minimum Gasteiger partial charge on any atom is -0.355 e. The zero-order valence-corrected chi connectivity index (χ0v) is 17.0. The Morgan fingerprint density at radius 1 is 0.929 bits per heavy atom. The summed E-state index contributed by atoms with van der Waals surface area (Å²) < 4.78 is 0. The lowest BCUT2D eigenvalue weighted by molar-refractivity contribution is -0.134. The summed E-state index contributed by atoms with van der Waals surface area (Å²) in [6, 6.07) is 18.1. The number of rotatable bonds is 7. The Hall–Kier alpha value is -2.62. The molecule has 2 amide bonds. The summed E-state index contributed by atoms with van der Waals surface area (Å²) in [4.78, 5) is 25.3. The molecule has 0 bridgehead atoms. The highest BCUT2D eigenvalue weighted by Crippen LogP contribution is 2.46. The van der Waals surface area contributed by atoms with Crippen LogP contribution in [0.25, 0.3) is 0 Å². The van der Waals surface area contributed by atoms with Gasteiger partial charge in [0.25, 0.3) is 0 Å². The predicted octanol–water partition coefficient (Wildman–Crippen LogP) is 4.45. The summed E-state index contributed by atoms with van der Waals surface area (Å²) in [5, 5.41) is 5.87. The van der Waals surface area contributed by atoms with E-state index in [1.54, 1.807) is 0 Å². The van der Waals surface area contributed by atoms with Crippen LogP contribution in [0.3, 0.4) is 0 Å². The number of benzene rings is 2. The van der Waals surface area contributed by atoms with Crippen molar-refractivity contribution in [1.82, 2.24) is 5.32 Å². The zero-order chi connectivity index (χ0) is 20.2. The summed E-state index contributed by atoms with van der Waals surface area (Å²) in [5.74, 6) is -0.346. The molecule has 1 saturated carbocycles. The maximum atomic E-state index is 12.7. The van der Waals surface area contributed by atoms with E-state index in [9.17, 15) is 9.59 Å². The molecular formula is C24H30N2O2. The second kappa shape index (κ2) is 8.17. The standard InChI is InChI=1S/C24H30N2O2/c1-23(2,3)19-11-13-20(14-12-19)26-22(28)24(15-16-24)21(27)25-17-7-10-18-8-5-4-6-9-18/h4-6,8-9,11-14H,7,10,15-17H2,1-3H3,(H,25,27)(H,26,28). The maximum Gasteiger partial charge on any atom is 0.240 e. The predicted molar refractivity (Wildman–Crippen MR) is 113 cm³/mol. The molecule has 0 unspecified atom stereocenters. The van der Waals surface area contributed by atoms with Gasteiger partial charge >= 0.3 is 0 Å². The fraction of sp³-hybridized carbons (Fsp3) is 0.417. The Balaban J connectivity index is 1.49. The molecule has 2 aromatic carbocycles. The normalized spacial score (nSPS) is 15.0. The monoisotopic (exact) mass is 378 g/mol. The Kier molecular flexibility index (Phi) is 5.87. The summed E-state index contributed by atoms with van der Waals surface area (Å²) in [6.45, 7) is 7.05. The largest absolute Gasteiger partial charge is 0.355 e. The van der Waals surface area contributed by atoms with Crippen molar-refractivity contribution in [2.75, 3.05) is 11.9 Å². The Labute approximate surface area is 167 Å². The van der Waals surface area contributed by atoms with Gasteiger partial charge in [0.2, 0.25) is 11.8 Å². The van der Waals surface area contributed by atoms with E-state index >= 15 is 0 Å². The van der Waals surface area contributed by atoms with Gasteiger partial charge in [0, 0.05) is 12.2 Å². The average Bonchev–Trinajstić information content (AvgIpc) is 3.48. The van der Waals surface area contributed by atoms with Gasteiger partial charge in [-0.25, -0.2) is 0 Å². The molecular weight excluding hydrogens is 348 g/mol. The lowest BCUT2D eigenvalue weighted by Crippen LogP contribution is -2.40. The molecule has 28 heavy (non-hydrogen) atoms. The third-order valence-electron chi connectivity index (χ3n) is 5.40. The van der Waals surface area contributed by atoms with Gasteiger partial charge < -0.3 is 10.6 Å². The molecule has 0 heterocycles. The first-order valence-electron chi connectivity index (χ1n) is 10.1. The second-order valence-corrected chi connectivity index (χ2v) is 8.71. The lowest BCUT2D eigenvalue weighted by atomic mass is 9.87. The molecule has 0 aliphatic heterocycles. The van der Waals surface area contributed by atoms with Gasteiger partial charge in [-0.05, 0) is 54.4 Å². The molecule has 0 radical (unpaired) electrons. The van der Waals surface area contributed by atoms with Crippen molar-refractivity contribution >= 4 is 17.5 Å². The number of anilines is 1. The topological polar surface area (TPSA) is 58.2 Å². The van der Waals surface area contributed by atoms with Crippen LogP contribution in [0.5, 0.6) is 0 Å². The third-order valence-corrected chi connectivity index (χ3v) is 5.40. The summed E-state index contributed by atoms with van der Waals surface area (Å²) in [5.41, 5.74) is 2.38. The highest BCUT2D eigenvalue weighted by atomic mass is 16.2. The van der Waals surface area contributed by atoms with Crippen molar-refractivity contribution in [2.24, 2.45) is 5.41 Å². The molecule has 0 spiro atoms. The highest BCUT2D eigenvalue weighted by molar-refractivity contribution is 6.13. The van der Waals surface area contributed by atoms with E-state index in [1.165, 1.54) is 11.1 Å². The van der Waals surface area contributed by atoms with Gasteiger partial charge in [-0.1, -0.05) is 63.2 Å². The first-order chi connectivity index (χ1) is 13.3. The Morgan fingerprint density at radius 2 is 1.57 bits per heavy atom. The smallest absolute Gasteiger partial charge is 0.240 e. The fourth-order valence-corrected chi connectivity index (χ4v) is 3.29. The third kappa shape index (κ3) is 4.80. The number of hydrogen-bond donors (Lipinski definition) is 2. The van der Waals surface area contributed by atoms with Crippen LogP contribution < -0.4 is 10.6 Å². The maximum absolute atomic E-state index is 12.7. The van der Waals surface area contributed by atoms with Crippen molar-refractivity contribution in [2.45, 2.75) is 51.9 Å². The molecule has 4 heteroatoms. The SMILES string of the molecule is CC(C)(C)c1ccc(NC(=O)C2(C(=O)NCCCc3ccccc3)CC2)cc1. The Morgan fingerprint density at radius 3 is 2.14 bits per heavy atom. The van der Waals surface area contributed by atoms with Gasteiger partial charge in [0.05, 0.1) is 0 Å². The van der Waals surface area contributed by atoms with E-state index in [-0.39, 0.29) is 17.2 Å². The summed E-state index contributed by atoms with van der Waals surface area (Å²) in [7, 11) is 0. The molecule has 2 N–H and O–H groups in total. The van der Waals surface area contributed by atoms with Gasteiger partial charge in [0.15, 0.2) is 0 Å². The number of carbonyl (C=O) groups is 2. The van der Waals surface area contributed by atoms with Crippen LogP contribution in [-0.2, 0) is 21.4 Å². The van der Waals surface area contributed by atoms with Crippen LogP contribution in [0.4, 0.5) is 5.69 Å². The van der Waals surface area contributed by atoms with Gasteiger partial charge in [-0.15, -0.1) is 0 Å². The van der Waals surface area contributed by atoms with Crippen molar-refractivity contribution in [3.63, 3.8) is 0 Å². The summed E-state index contributed by atoms with van der Waals surface area (Å²) in [6.07, 6.45) is 3.01. The van der Waals surface area contributed by atoms with Crippen molar-refractivity contribution in [1.29, 1.82) is 0 Å². The van der Waals surface area contributed by atoms with Crippen LogP contribution in [0.15, 0.2) is 54.6 Å². The number of nitrogens with one attached hydrogen (secondary N) is 2. The van der Waals surface area contributed by atoms with Gasteiger partial charge in [-0.3, -0.25) is 9.59 Å². The number of aryl methyl sites for hydroxylation is 1. The van der Waals surface area contributed by atoms with E-state index in [1.807, 2.05) is 42.5 Å². The van der Waals surface area contributed by atoms with Crippen molar-refractivity contribution in [3.8, 4) is 0 Å². The van der Waals surface area contributed by atoms with E-state index in [0.29, 0.717) is 19.4 Å². The van der Waals surface area contributed by atoms with Crippen molar-refractivity contribution in [3.05, 3.63) is 65.7 Å². The molecule has 3 rings (SSSR count). The molecule has 0 atom stereocenters. The van der Waals surface area contributed by atoms with Crippen LogP contribution in [0.2, 0.25) is 0 Å². The van der Waals surface area contributed by atoms with E-state index in [0.717, 1.165) is 18.5 Å². The minimum atomic E-state index is -0.893. The molecule has 4 nitrogen and oxygen atoms in total. The van der Waals surface area contributed by atoms with E-state index < -0.39 is 5.41 Å². The van der Waals surface area contributed by atoms with E-state index in [4.69, 9.17) is 0 Å². The minimum absolute atomic E-state index is 0.0693.